The minimum atomic E-state index is -0.342. The fraction of sp³-hybridized carbons (Fsp3) is 0.385. The lowest BCUT2D eigenvalue weighted by atomic mass is 10.1. The summed E-state index contributed by atoms with van der Waals surface area (Å²) >= 11 is 6.02. The minimum absolute atomic E-state index is 0.0981. The highest BCUT2D eigenvalue weighted by Crippen LogP contribution is 2.45. The highest BCUT2D eigenvalue weighted by Gasteiger charge is 2.49. The summed E-state index contributed by atoms with van der Waals surface area (Å²) < 4.78 is 15.0. The molecule has 1 aliphatic carbocycles. The Morgan fingerprint density at radius 3 is 2.84 bits per heavy atom. The van der Waals surface area contributed by atoms with Gasteiger partial charge in [0.25, 0.3) is 0 Å². The Kier molecular flexibility index (Phi) is 2.86. The van der Waals surface area contributed by atoms with E-state index in [4.69, 9.17) is 21.1 Å². The Labute approximate surface area is 114 Å². The van der Waals surface area contributed by atoms with Gasteiger partial charge in [-0.25, -0.2) is 0 Å². The van der Waals surface area contributed by atoms with Gasteiger partial charge in [0.2, 0.25) is 6.79 Å². The van der Waals surface area contributed by atoms with Crippen molar-refractivity contribution in [2.24, 2.45) is 11.8 Å². The molecule has 1 aromatic carbocycles. The number of ether oxygens (including phenoxy) is 3. The first-order chi connectivity index (χ1) is 9.11. The number of Topliss-reactive ketones (excluding diaryl/α,β-unsaturated/α-hetero) is 1. The Morgan fingerprint density at radius 2 is 2.11 bits per heavy atom. The molecule has 3 rings (SSSR count). The molecule has 0 amide bonds. The maximum atomic E-state index is 12.2. The van der Waals surface area contributed by atoms with Crippen LogP contribution in [0.2, 0.25) is 5.02 Å². The average molecular weight is 283 g/mol. The van der Waals surface area contributed by atoms with Crippen LogP contribution in [0.3, 0.4) is 0 Å². The number of halogens is 1. The molecule has 1 fully saturated rings. The normalized spacial score (nSPS) is 23.1. The second-order valence-electron chi connectivity index (χ2n) is 4.53. The molecule has 5 nitrogen and oxygen atoms in total. The molecule has 0 N–H and O–H groups in total. The van der Waals surface area contributed by atoms with Crippen molar-refractivity contribution in [2.75, 3.05) is 13.9 Å². The number of benzene rings is 1. The van der Waals surface area contributed by atoms with Gasteiger partial charge in [-0.05, 0) is 18.6 Å². The predicted octanol–water partition coefficient (Wildman–Crippen LogP) is 2.06. The van der Waals surface area contributed by atoms with Gasteiger partial charge in [0.1, 0.15) is 0 Å². The van der Waals surface area contributed by atoms with E-state index in [1.54, 1.807) is 12.1 Å². The van der Waals surface area contributed by atoms with Gasteiger partial charge in [0, 0.05) is 11.5 Å². The molecule has 0 bridgehead atoms. The van der Waals surface area contributed by atoms with Crippen molar-refractivity contribution in [1.29, 1.82) is 0 Å². The summed E-state index contributed by atoms with van der Waals surface area (Å²) in [6, 6.07) is 3.15. The maximum absolute atomic E-state index is 12.2. The van der Waals surface area contributed by atoms with E-state index in [1.807, 2.05) is 0 Å². The Balaban J connectivity index is 1.82. The van der Waals surface area contributed by atoms with Crippen LogP contribution in [0.15, 0.2) is 12.1 Å². The van der Waals surface area contributed by atoms with Gasteiger partial charge >= 0.3 is 5.97 Å². The van der Waals surface area contributed by atoms with Crippen molar-refractivity contribution in [3.8, 4) is 11.5 Å². The standard InChI is InChI=1S/C13H11ClO5/c1-17-13(16)8-4-7(8)11(15)6-2-9(14)12-10(3-6)18-5-19-12/h2-3,7-8H,4-5H2,1H3/t7-,8-/m0/s1. The van der Waals surface area contributed by atoms with E-state index < -0.39 is 0 Å². The molecule has 1 saturated carbocycles. The molecule has 2 atom stereocenters. The van der Waals surface area contributed by atoms with Crippen LogP contribution in [0.5, 0.6) is 11.5 Å². The summed E-state index contributed by atoms with van der Waals surface area (Å²) in [4.78, 5) is 23.6. The van der Waals surface area contributed by atoms with Crippen molar-refractivity contribution in [3.63, 3.8) is 0 Å². The van der Waals surface area contributed by atoms with Gasteiger partial charge in [-0.1, -0.05) is 11.6 Å². The summed E-state index contributed by atoms with van der Waals surface area (Å²) in [7, 11) is 1.32. The Morgan fingerprint density at radius 1 is 1.32 bits per heavy atom. The van der Waals surface area contributed by atoms with Crippen LogP contribution in [0, 0.1) is 11.8 Å². The van der Waals surface area contributed by atoms with Crippen LogP contribution in [0.25, 0.3) is 0 Å². The van der Waals surface area contributed by atoms with Crippen molar-refractivity contribution in [1.82, 2.24) is 0 Å². The molecule has 1 aromatic rings. The SMILES string of the molecule is COC(=O)[C@H]1C[C@@H]1C(=O)c1cc(Cl)c2c(c1)OCO2. The van der Waals surface area contributed by atoms with Crippen LogP contribution < -0.4 is 9.47 Å². The van der Waals surface area contributed by atoms with E-state index in [2.05, 4.69) is 4.74 Å². The van der Waals surface area contributed by atoms with Crippen LogP contribution in [-0.2, 0) is 9.53 Å². The number of esters is 1. The molecule has 1 aliphatic heterocycles. The zero-order valence-corrected chi connectivity index (χ0v) is 10.9. The summed E-state index contributed by atoms with van der Waals surface area (Å²) in [5.41, 5.74) is 0.436. The first-order valence-electron chi connectivity index (χ1n) is 5.83. The van der Waals surface area contributed by atoms with Crippen molar-refractivity contribution < 1.29 is 23.8 Å². The molecule has 6 heteroatoms. The summed E-state index contributed by atoms with van der Waals surface area (Å²) in [6.45, 7) is 0.0981. The summed E-state index contributed by atoms with van der Waals surface area (Å²) in [6.07, 6.45) is 0.525. The van der Waals surface area contributed by atoms with Crippen molar-refractivity contribution in [3.05, 3.63) is 22.7 Å². The number of methoxy groups -OCH3 is 1. The van der Waals surface area contributed by atoms with E-state index >= 15 is 0 Å². The van der Waals surface area contributed by atoms with Crippen LogP contribution in [0.4, 0.5) is 0 Å². The Bertz CT molecular complexity index is 568. The molecule has 0 spiro atoms. The molecule has 2 aliphatic rings. The fourth-order valence-electron chi connectivity index (χ4n) is 2.22. The molecule has 19 heavy (non-hydrogen) atoms. The average Bonchev–Trinajstić information content (AvgIpc) is 3.06. The quantitative estimate of drug-likeness (QED) is 0.627. The van der Waals surface area contributed by atoms with Crippen LogP contribution in [0.1, 0.15) is 16.8 Å². The van der Waals surface area contributed by atoms with Gasteiger partial charge in [-0.15, -0.1) is 0 Å². The number of ketones is 1. The van der Waals surface area contributed by atoms with Crippen LogP contribution in [-0.4, -0.2) is 25.7 Å². The lowest BCUT2D eigenvalue weighted by Crippen LogP contribution is -2.10. The number of hydrogen-bond acceptors (Lipinski definition) is 5. The van der Waals surface area contributed by atoms with Gasteiger partial charge < -0.3 is 14.2 Å². The number of fused-ring (bicyclic) bond motifs is 1. The van der Waals surface area contributed by atoms with E-state index in [0.717, 1.165) is 0 Å². The number of carbonyl (C=O) groups is 2. The third kappa shape index (κ3) is 2.04. The van der Waals surface area contributed by atoms with Crippen molar-refractivity contribution >= 4 is 23.4 Å². The molecule has 100 valence electrons. The Hall–Kier alpha value is -1.75. The summed E-state index contributed by atoms with van der Waals surface area (Å²) in [5.74, 6) is -0.184. The second kappa shape index (κ2) is 4.42. The molecular weight excluding hydrogens is 272 g/mol. The molecule has 0 aromatic heterocycles. The molecule has 0 unspecified atom stereocenters. The predicted molar refractivity (Wildman–Crippen MR) is 65.5 cm³/mol. The maximum Gasteiger partial charge on any atom is 0.309 e. The highest BCUT2D eigenvalue weighted by molar-refractivity contribution is 6.32. The topological polar surface area (TPSA) is 61.8 Å². The van der Waals surface area contributed by atoms with Crippen molar-refractivity contribution in [2.45, 2.75) is 6.42 Å². The molecule has 1 heterocycles. The number of carbonyl (C=O) groups excluding carboxylic acids is 2. The van der Waals surface area contributed by atoms with Crippen LogP contribution >= 0.6 is 11.6 Å². The first kappa shape index (κ1) is 12.3. The monoisotopic (exact) mass is 282 g/mol. The molecule has 0 radical (unpaired) electrons. The zero-order valence-electron chi connectivity index (χ0n) is 10.1. The van der Waals surface area contributed by atoms with Gasteiger partial charge in [0.05, 0.1) is 18.1 Å². The van der Waals surface area contributed by atoms with Gasteiger partial charge in [-0.2, -0.15) is 0 Å². The third-order valence-electron chi connectivity index (χ3n) is 3.34. The smallest absolute Gasteiger partial charge is 0.309 e. The van der Waals surface area contributed by atoms with Gasteiger partial charge in [0.15, 0.2) is 17.3 Å². The lowest BCUT2D eigenvalue weighted by Gasteiger charge is -2.04. The number of rotatable bonds is 3. The summed E-state index contributed by atoms with van der Waals surface area (Å²) in [5, 5.41) is 0.341. The highest BCUT2D eigenvalue weighted by atomic mass is 35.5. The first-order valence-corrected chi connectivity index (χ1v) is 6.21. The minimum Gasteiger partial charge on any atom is -0.469 e. The largest absolute Gasteiger partial charge is 0.469 e. The second-order valence-corrected chi connectivity index (χ2v) is 4.94. The van der Waals surface area contributed by atoms with Gasteiger partial charge in [-0.3, -0.25) is 9.59 Å². The lowest BCUT2D eigenvalue weighted by molar-refractivity contribution is -0.142. The van der Waals surface area contributed by atoms with E-state index in [-0.39, 0.29) is 30.4 Å². The molecular formula is C13H11ClO5. The zero-order chi connectivity index (χ0) is 13.6. The third-order valence-corrected chi connectivity index (χ3v) is 3.62. The van der Waals surface area contributed by atoms with E-state index in [0.29, 0.717) is 28.5 Å². The molecule has 0 saturated heterocycles. The van der Waals surface area contributed by atoms with E-state index in [1.165, 1.54) is 7.11 Å². The fourth-order valence-corrected chi connectivity index (χ4v) is 2.49. The number of hydrogen-bond donors (Lipinski definition) is 0. The van der Waals surface area contributed by atoms with E-state index in [9.17, 15) is 9.59 Å².